The van der Waals surface area contributed by atoms with Crippen molar-refractivity contribution < 1.29 is 4.74 Å². The molecule has 6 heteroatoms. The molecule has 0 aliphatic rings. The molecule has 1 aromatic rings. The van der Waals surface area contributed by atoms with Crippen LogP contribution in [0.3, 0.4) is 0 Å². The van der Waals surface area contributed by atoms with Gasteiger partial charge in [0.2, 0.25) is 0 Å². The number of nitrogens with zero attached hydrogens (tertiary/aromatic N) is 2. The molecule has 0 fully saturated rings. The average molecular weight is 352 g/mol. The molecule has 1 rings (SSSR count). The van der Waals surface area contributed by atoms with Crippen molar-refractivity contribution in [1.29, 1.82) is 0 Å². The Morgan fingerprint density at radius 3 is 2.65 bits per heavy atom. The standard InChI is InChI=1S/C11H17IN2O3/c1-4-5-13-7-9(12)10(15)14(11(13)16)6-8(2)17-3/h7-8H,4-6H2,1-3H3. The molecule has 0 saturated carbocycles. The average Bonchev–Trinajstić information content (AvgIpc) is 2.31. The van der Waals surface area contributed by atoms with Crippen molar-refractivity contribution >= 4 is 22.6 Å². The van der Waals surface area contributed by atoms with Gasteiger partial charge in [0, 0.05) is 19.9 Å². The minimum absolute atomic E-state index is 0.159. The summed E-state index contributed by atoms with van der Waals surface area (Å²) in [7, 11) is 1.56. The van der Waals surface area contributed by atoms with Crippen molar-refractivity contribution in [1.82, 2.24) is 9.13 Å². The van der Waals surface area contributed by atoms with Crippen LogP contribution in [-0.2, 0) is 17.8 Å². The van der Waals surface area contributed by atoms with E-state index in [9.17, 15) is 9.59 Å². The molecule has 5 nitrogen and oxygen atoms in total. The maximum atomic E-state index is 12.1. The SMILES string of the molecule is CCCn1cc(I)c(=O)n(CC(C)OC)c1=O. The Balaban J connectivity index is 3.27. The second-order valence-corrected chi connectivity index (χ2v) is 5.08. The molecule has 1 heterocycles. The molecule has 17 heavy (non-hydrogen) atoms. The highest BCUT2D eigenvalue weighted by molar-refractivity contribution is 14.1. The van der Waals surface area contributed by atoms with Gasteiger partial charge in [0.1, 0.15) is 0 Å². The number of aromatic nitrogens is 2. The third-order valence-corrected chi connectivity index (χ3v) is 3.24. The summed E-state index contributed by atoms with van der Waals surface area (Å²) in [4.78, 5) is 23.9. The van der Waals surface area contributed by atoms with E-state index in [1.807, 2.05) is 36.4 Å². The largest absolute Gasteiger partial charge is 0.380 e. The molecule has 1 aromatic heterocycles. The molecule has 0 spiro atoms. The van der Waals surface area contributed by atoms with Crippen LogP contribution in [0.25, 0.3) is 0 Å². The van der Waals surface area contributed by atoms with Crippen LogP contribution < -0.4 is 11.2 Å². The minimum atomic E-state index is -0.263. The number of hydrogen-bond donors (Lipinski definition) is 0. The smallest absolute Gasteiger partial charge is 0.331 e. The lowest BCUT2D eigenvalue weighted by Gasteiger charge is -2.13. The third kappa shape index (κ3) is 3.41. The van der Waals surface area contributed by atoms with Gasteiger partial charge in [-0.25, -0.2) is 4.79 Å². The van der Waals surface area contributed by atoms with E-state index < -0.39 is 0 Å². The van der Waals surface area contributed by atoms with Gasteiger partial charge in [-0.3, -0.25) is 13.9 Å². The fourth-order valence-electron chi connectivity index (χ4n) is 1.51. The van der Waals surface area contributed by atoms with E-state index in [1.165, 1.54) is 4.57 Å². The quantitative estimate of drug-likeness (QED) is 0.745. The fraction of sp³-hybridized carbons (Fsp3) is 0.636. The maximum Gasteiger partial charge on any atom is 0.331 e. The maximum absolute atomic E-state index is 12.1. The monoisotopic (exact) mass is 352 g/mol. The molecular formula is C11H17IN2O3. The number of ether oxygens (including phenoxy) is 1. The lowest BCUT2D eigenvalue weighted by molar-refractivity contribution is 0.100. The summed E-state index contributed by atoms with van der Waals surface area (Å²) in [5.41, 5.74) is -0.506. The van der Waals surface area contributed by atoms with E-state index in [-0.39, 0.29) is 23.9 Å². The first-order valence-corrected chi connectivity index (χ1v) is 6.61. The van der Waals surface area contributed by atoms with Gasteiger partial charge in [-0.2, -0.15) is 0 Å². The number of methoxy groups -OCH3 is 1. The van der Waals surface area contributed by atoms with Crippen LogP contribution in [-0.4, -0.2) is 22.3 Å². The normalized spacial score (nSPS) is 12.7. The molecule has 0 radical (unpaired) electrons. The highest BCUT2D eigenvalue weighted by Crippen LogP contribution is 1.97. The van der Waals surface area contributed by atoms with Crippen molar-refractivity contribution in [3.63, 3.8) is 0 Å². The second-order valence-electron chi connectivity index (χ2n) is 3.92. The summed E-state index contributed by atoms with van der Waals surface area (Å²) in [6.07, 6.45) is 2.31. The Hall–Kier alpha value is -0.630. The Kier molecular flexibility index (Phi) is 5.38. The van der Waals surface area contributed by atoms with Gasteiger partial charge in [-0.05, 0) is 35.9 Å². The fourth-order valence-corrected chi connectivity index (χ4v) is 2.14. The van der Waals surface area contributed by atoms with Crippen LogP contribution in [0.15, 0.2) is 15.8 Å². The molecule has 0 amide bonds. The van der Waals surface area contributed by atoms with E-state index in [1.54, 1.807) is 17.9 Å². The highest BCUT2D eigenvalue weighted by Gasteiger charge is 2.11. The first kappa shape index (κ1) is 14.4. The molecule has 1 unspecified atom stereocenters. The number of halogens is 1. The molecule has 0 N–H and O–H groups in total. The van der Waals surface area contributed by atoms with Crippen molar-refractivity contribution in [3.8, 4) is 0 Å². The van der Waals surface area contributed by atoms with Crippen molar-refractivity contribution in [2.75, 3.05) is 7.11 Å². The van der Waals surface area contributed by atoms with Crippen LogP contribution >= 0.6 is 22.6 Å². The van der Waals surface area contributed by atoms with Crippen LogP contribution in [0.1, 0.15) is 20.3 Å². The van der Waals surface area contributed by atoms with E-state index in [4.69, 9.17) is 4.74 Å². The molecule has 0 aromatic carbocycles. The molecule has 96 valence electrons. The van der Waals surface area contributed by atoms with Crippen LogP contribution in [0.5, 0.6) is 0 Å². The summed E-state index contributed by atoms with van der Waals surface area (Å²) >= 11 is 1.96. The summed E-state index contributed by atoms with van der Waals surface area (Å²) in [6.45, 7) is 4.73. The Labute approximate surface area is 114 Å². The van der Waals surface area contributed by atoms with Crippen LogP contribution in [0.4, 0.5) is 0 Å². The zero-order valence-electron chi connectivity index (χ0n) is 10.3. The van der Waals surface area contributed by atoms with Gasteiger partial charge in [0.25, 0.3) is 5.56 Å². The highest BCUT2D eigenvalue weighted by atomic mass is 127. The van der Waals surface area contributed by atoms with E-state index in [0.29, 0.717) is 10.1 Å². The van der Waals surface area contributed by atoms with Crippen LogP contribution in [0.2, 0.25) is 0 Å². The van der Waals surface area contributed by atoms with Crippen LogP contribution in [0, 0.1) is 3.57 Å². The Morgan fingerprint density at radius 1 is 1.47 bits per heavy atom. The Morgan fingerprint density at radius 2 is 2.12 bits per heavy atom. The van der Waals surface area contributed by atoms with Gasteiger partial charge >= 0.3 is 5.69 Å². The third-order valence-electron chi connectivity index (χ3n) is 2.50. The zero-order chi connectivity index (χ0) is 13.0. The molecule has 0 saturated heterocycles. The second kappa shape index (κ2) is 6.34. The number of rotatable bonds is 5. The molecule has 1 atom stereocenters. The zero-order valence-corrected chi connectivity index (χ0v) is 12.4. The van der Waals surface area contributed by atoms with E-state index in [0.717, 1.165) is 6.42 Å². The number of aryl methyl sites for hydroxylation is 1. The Bertz CT molecular complexity index is 492. The molecule has 0 bridgehead atoms. The summed E-state index contributed by atoms with van der Waals surface area (Å²) in [5, 5.41) is 0. The lowest BCUT2D eigenvalue weighted by atomic mass is 10.4. The van der Waals surface area contributed by atoms with Gasteiger partial charge in [0.15, 0.2) is 0 Å². The van der Waals surface area contributed by atoms with Gasteiger partial charge < -0.3 is 4.74 Å². The minimum Gasteiger partial charge on any atom is -0.380 e. The number of hydrogen-bond acceptors (Lipinski definition) is 3. The molecular weight excluding hydrogens is 335 g/mol. The summed E-state index contributed by atoms with van der Waals surface area (Å²) in [6, 6.07) is 0. The first-order valence-electron chi connectivity index (χ1n) is 5.53. The van der Waals surface area contributed by atoms with Crippen molar-refractivity contribution in [3.05, 3.63) is 30.6 Å². The van der Waals surface area contributed by atoms with Crippen molar-refractivity contribution in [2.45, 2.75) is 39.5 Å². The van der Waals surface area contributed by atoms with E-state index >= 15 is 0 Å². The van der Waals surface area contributed by atoms with Gasteiger partial charge in [-0.1, -0.05) is 6.92 Å². The molecule has 0 aliphatic heterocycles. The van der Waals surface area contributed by atoms with Crippen molar-refractivity contribution in [2.24, 2.45) is 0 Å². The van der Waals surface area contributed by atoms with Gasteiger partial charge in [-0.15, -0.1) is 0 Å². The van der Waals surface area contributed by atoms with E-state index in [2.05, 4.69) is 0 Å². The van der Waals surface area contributed by atoms with Gasteiger partial charge in [0.05, 0.1) is 16.2 Å². The summed E-state index contributed by atoms with van der Waals surface area (Å²) in [5.74, 6) is 0. The predicted molar refractivity (Wildman–Crippen MR) is 74.4 cm³/mol. The lowest BCUT2D eigenvalue weighted by Crippen LogP contribution is -2.43. The first-order chi connectivity index (χ1) is 8.01. The molecule has 0 aliphatic carbocycles. The predicted octanol–water partition coefficient (Wildman–Crippen LogP) is 1.06. The topological polar surface area (TPSA) is 53.2 Å². The summed E-state index contributed by atoms with van der Waals surface area (Å²) < 4.78 is 8.46.